The van der Waals surface area contributed by atoms with Crippen LogP contribution in [0.15, 0.2) is 70.8 Å². The van der Waals surface area contributed by atoms with Crippen LogP contribution >= 0.6 is 0 Å². The van der Waals surface area contributed by atoms with Crippen LogP contribution in [0.25, 0.3) is 5.57 Å². The van der Waals surface area contributed by atoms with Crippen LogP contribution in [0, 0.1) is 10.8 Å². The molecule has 0 radical (unpaired) electrons. The first kappa shape index (κ1) is 16.1. The minimum Gasteiger partial charge on any atom is -0.383 e. The zero-order valence-corrected chi connectivity index (χ0v) is 14.0. The number of nitrogens with one attached hydrogen (secondary N) is 1. The summed E-state index contributed by atoms with van der Waals surface area (Å²) in [7, 11) is 0. The number of hydrogen-bond donors (Lipinski definition) is 3. The van der Waals surface area contributed by atoms with Gasteiger partial charge in [0, 0.05) is 12.4 Å². The molecule has 0 fully saturated rings. The minimum atomic E-state index is -0.0347. The number of allylic oxidation sites excluding steroid dienone is 5. The molecule has 2 heterocycles. The maximum atomic E-state index is 7.86. The number of quaternary nitrogens is 1. The van der Waals surface area contributed by atoms with E-state index in [9.17, 15) is 0 Å². The summed E-state index contributed by atoms with van der Waals surface area (Å²) in [6, 6.07) is 5.54. The Morgan fingerprint density at radius 1 is 1.29 bits per heavy atom. The summed E-state index contributed by atoms with van der Waals surface area (Å²) in [6.07, 6.45) is 13.2. The molecule has 0 saturated heterocycles. The highest BCUT2D eigenvalue weighted by molar-refractivity contribution is 6.20. The summed E-state index contributed by atoms with van der Waals surface area (Å²) < 4.78 is 0. The fraction of sp³-hybridized carbons (Fsp3) is 0.211. The molecule has 3 rings (SSSR count). The van der Waals surface area contributed by atoms with Crippen molar-refractivity contribution in [2.75, 3.05) is 0 Å². The molecule has 0 amide bonds. The maximum absolute atomic E-state index is 7.86. The molecule has 5 heteroatoms. The van der Waals surface area contributed by atoms with Crippen molar-refractivity contribution < 1.29 is 5.32 Å². The van der Waals surface area contributed by atoms with E-state index in [1.54, 1.807) is 6.20 Å². The van der Waals surface area contributed by atoms with Crippen LogP contribution in [0.4, 0.5) is 0 Å². The zero-order chi connectivity index (χ0) is 17.2. The van der Waals surface area contributed by atoms with Gasteiger partial charge in [-0.1, -0.05) is 38.1 Å². The van der Waals surface area contributed by atoms with Crippen LogP contribution in [0.5, 0.6) is 0 Å². The molecule has 24 heavy (non-hydrogen) atoms. The lowest BCUT2D eigenvalue weighted by Gasteiger charge is -2.23. The first-order valence-corrected chi connectivity index (χ1v) is 7.95. The molecule has 1 aromatic rings. The van der Waals surface area contributed by atoms with Crippen molar-refractivity contribution >= 4 is 17.6 Å². The van der Waals surface area contributed by atoms with Crippen LogP contribution < -0.4 is 11.1 Å². The van der Waals surface area contributed by atoms with Gasteiger partial charge in [0.2, 0.25) is 5.82 Å². The molecule has 0 saturated carbocycles. The van der Waals surface area contributed by atoms with Crippen LogP contribution in [0.2, 0.25) is 0 Å². The van der Waals surface area contributed by atoms with Gasteiger partial charge in [0.25, 0.3) is 0 Å². The number of aliphatic imine (C=N–C) groups is 1. The van der Waals surface area contributed by atoms with E-state index in [-0.39, 0.29) is 11.3 Å². The average Bonchev–Trinajstić information content (AvgIpc) is 2.56. The third-order valence-corrected chi connectivity index (χ3v) is 4.11. The van der Waals surface area contributed by atoms with E-state index >= 15 is 0 Å². The number of nitrogens with two attached hydrogens (primary N) is 2. The van der Waals surface area contributed by atoms with Gasteiger partial charge in [0.15, 0.2) is 0 Å². The van der Waals surface area contributed by atoms with Gasteiger partial charge < -0.3 is 5.73 Å². The smallest absolute Gasteiger partial charge is 0.242 e. The van der Waals surface area contributed by atoms with Crippen molar-refractivity contribution in [3.05, 3.63) is 71.5 Å². The van der Waals surface area contributed by atoms with Crippen molar-refractivity contribution in [1.29, 1.82) is 5.41 Å². The Hall–Kier alpha value is -2.79. The Labute approximate surface area is 141 Å². The molecule has 0 unspecified atom stereocenters. The molecule has 5 nitrogen and oxygen atoms in total. The van der Waals surface area contributed by atoms with Gasteiger partial charge in [-0.15, -0.1) is 0 Å². The Bertz CT molecular complexity index is 807. The first-order chi connectivity index (χ1) is 11.5. The Kier molecular flexibility index (Phi) is 4.27. The number of nitrogens with zero attached hydrogens (tertiary/aromatic N) is 2. The third kappa shape index (κ3) is 3.41. The van der Waals surface area contributed by atoms with Crippen molar-refractivity contribution in [1.82, 2.24) is 4.98 Å². The highest BCUT2D eigenvalue weighted by Crippen LogP contribution is 2.30. The number of amidine groups is 1. The molecule has 0 aromatic carbocycles. The quantitative estimate of drug-likeness (QED) is 0.588. The summed E-state index contributed by atoms with van der Waals surface area (Å²) in [5.74, 6) is 0.623. The molecule has 5 N–H and O–H groups in total. The van der Waals surface area contributed by atoms with Crippen LogP contribution in [-0.2, 0) is 0 Å². The molecule has 0 bridgehead atoms. The van der Waals surface area contributed by atoms with Gasteiger partial charge in [-0.2, -0.15) is 0 Å². The second kappa shape index (κ2) is 6.37. The van der Waals surface area contributed by atoms with Gasteiger partial charge in [-0.25, -0.2) is 4.99 Å². The molecule has 1 aliphatic heterocycles. The predicted octanol–water partition coefficient (Wildman–Crippen LogP) is 2.13. The predicted molar refractivity (Wildman–Crippen MR) is 97.2 cm³/mol. The van der Waals surface area contributed by atoms with Gasteiger partial charge in [0.05, 0.1) is 11.3 Å². The Balaban J connectivity index is 1.87. The molecular weight excluding hydrogens is 298 g/mol. The van der Waals surface area contributed by atoms with Crippen LogP contribution in [0.3, 0.4) is 0 Å². The second-order valence-electron chi connectivity index (χ2n) is 6.62. The first-order valence-electron chi connectivity index (χ1n) is 7.95. The van der Waals surface area contributed by atoms with Crippen LogP contribution in [0.1, 0.15) is 26.0 Å². The highest BCUT2D eigenvalue weighted by Gasteiger charge is 2.21. The second-order valence-corrected chi connectivity index (χ2v) is 6.62. The van der Waals surface area contributed by atoms with E-state index in [2.05, 4.69) is 42.1 Å². The van der Waals surface area contributed by atoms with Crippen molar-refractivity contribution in [2.24, 2.45) is 16.1 Å². The molecule has 0 spiro atoms. The minimum absolute atomic E-state index is 0.0347. The standard InChI is InChI=1S/C19H21N5/c1-19(2)8-6-13(7-9-19)14-11-23-18(24-12-14)16(17(20)21)15-5-3-4-10-22-15/h3-8,10-12,23H,9H2,1-2H3,(H3,20,21)/p+1/b18-16+. The number of pyridine rings is 1. The lowest BCUT2D eigenvalue weighted by Crippen LogP contribution is -2.77. The summed E-state index contributed by atoms with van der Waals surface area (Å²) in [5, 5.41) is 9.76. The normalized spacial score (nSPS) is 21.1. The molecule has 1 aromatic heterocycles. The van der Waals surface area contributed by atoms with Gasteiger partial charge in [-0.3, -0.25) is 15.7 Å². The Morgan fingerprint density at radius 2 is 2.12 bits per heavy atom. The number of hydrogen-bond acceptors (Lipinski definition) is 3. The number of rotatable bonds is 3. The third-order valence-electron chi connectivity index (χ3n) is 4.11. The van der Waals surface area contributed by atoms with E-state index in [0.29, 0.717) is 17.1 Å². The molecule has 122 valence electrons. The van der Waals surface area contributed by atoms with Gasteiger partial charge in [-0.05, 0) is 29.5 Å². The fourth-order valence-electron chi connectivity index (χ4n) is 2.67. The monoisotopic (exact) mass is 320 g/mol. The van der Waals surface area contributed by atoms with Crippen LogP contribution in [-0.4, -0.2) is 17.0 Å². The lowest BCUT2D eigenvalue weighted by molar-refractivity contribution is -0.536. The van der Waals surface area contributed by atoms with Gasteiger partial charge >= 0.3 is 0 Å². The van der Waals surface area contributed by atoms with Crippen molar-refractivity contribution in [3.63, 3.8) is 0 Å². The topological polar surface area (TPSA) is 91.7 Å². The lowest BCUT2D eigenvalue weighted by atomic mass is 9.83. The zero-order valence-electron chi connectivity index (χ0n) is 14.0. The maximum Gasteiger partial charge on any atom is 0.242 e. The summed E-state index contributed by atoms with van der Waals surface area (Å²) in [5.41, 5.74) is 9.42. The summed E-state index contributed by atoms with van der Waals surface area (Å²) in [6.45, 7) is 4.44. The van der Waals surface area contributed by atoms with Gasteiger partial charge in [0.1, 0.15) is 17.6 Å². The molecule has 0 atom stereocenters. The van der Waals surface area contributed by atoms with E-state index in [1.807, 2.05) is 35.9 Å². The largest absolute Gasteiger partial charge is 0.383 e. The number of aromatic nitrogens is 1. The Morgan fingerprint density at radius 3 is 2.67 bits per heavy atom. The van der Waals surface area contributed by atoms with Crippen molar-refractivity contribution in [2.45, 2.75) is 20.3 Å². The SMILES string of the molecule is CC1(C)C=CC(C2=C[NH2+]/C(=C(\C(=N)N)c3ccccn3)N=C2)=CC1. The summed E-state index contributed by atoms with van der Waals surface area (Å²) >= 11 is 0. The molecule has 1 aliphatic carbocycles. The van der Waals surface area contributed by atoms with E-state index < -0.39 is 0 Å². The van der Waals surface area contributed by atoms with E-state index in [4.69, 9.17) is 11.1 Å². The average molecular weight is 320 g/mol. The van der Waals surface area contributed by atoms with Crippen molar-refractivity contribution in [3.8, 4) is 0 Å². The highest BCUT2D eigenvalue weighted by atomic mass is 15.0. The fourth-order valence-corrected chi connectivity index (χ4v) is 2.67. The van der Waals surface area contributed by atoms with E-state index in [0.717, 1.165) is 12.0 Å². The molecule has 2 aliphatic rings. The molecular formula is C19H22N5+. The summed E-state index contributed by atoms with van der Waals surface area (Å²) in [4.78, 5) is 8.80. The van der Waals surface area contributed by atoms with E-state index in [1.165, 1.54) is 5.57 Å².